The van der Waals surface area contributed by atoms with E-state index in [4.69, 9.17) is 0 Å². The largest absolute Gasteiger partial charge is 0.351 e. The molecule has 1 aromatic carbocycles. The Kier molecular flexibility index (Phi) is 5.22. The summed E-state index contributed by atoms with van der Waals surface area (Å²) in [5.41, 5.74) is 2.85. The zero-order chi connectivity index (χ0) is 18.5. The van der Waals surface area contributed by atoms with Gasteiger partial charge in [-0.25, -0.2) is 4.98 Å². The summed E-state index contributed by atoms with van der Waals surface area (Å²) in [7, 11) is 0. The highest BCUT2D eigenvalue weighted by Gasteiger charge is 2.12. The van der Waals surface area contributed by atoms with E-state index >= 15 is 0 Å². The molecule has 6 nitrogen and oxygen atoms in total. The third kappa shape index (κ3) is 4.22. The van der Waals surface area contributed by atoms with E-state index in [0.717, 1.165) is 16.8 Å². The SMILES string of the molecule is Cc1cccc(NC(=O)CCNC(=O)c2cccc3ccc(C)nc23)n1. The smallest absolute Gasteiger partial charge is 0.253 e. The van der Waals surface area contributed by atoms with Crippen molar-refractivity contribution in [3.8, 4) is 0 Å². The van der Waals surface area contributed by atoms with Crippen LogP contribution < -0.4 is 10.6 Å². The Hall–Kier alpha value is -3.28. The molecule has 0 radical (unpaired) electrons. The molecule has 2 amide bonds. The predicted octanol–water partition coefficient (Wildman–Crippen LogP) is 3.01. The van der Waals surface area contributed by atoms with E-state index in [0.29, 0.717) is 16.9 Å². The lowest BCUT2D eigenvalue weighted by Crippen LogP contribution is -2.28. The maximum absolute atomic E-state index is 12.5. The number of hydrogen-bond acceptors (Lipinski definition) is 4. The van der Waals surface area contributed by atoms with Crippen LogP contribution in [-0.4, -0.2) is 28.3 Å². The lowest BCUT2D eigenvalue weighted by molar-refractivity contribution is -0.116. The van der Waals surface area contributed by atoms with Crippen molar-refractivity contribution in [2.75, 3.05) is 11.9 Å². The number of anilines is 1. The molecule has 0 bridgehead atoms. The Bertz CT molecular complexity index is 969. The number of aromatic nitrogens is 2. The highest BCUT2D eigenvalue weighted by molar-refractivity contribution is 6.05. The number of aryl methyl sites for hydroxylation is 2. The van der Waals surface area contributed by atoms with Crippen molar-refractivity contribution in [3.05, 3.63) is 65.5 Å². The topological polar surface area (TPSA) is 84.0 Å². The van der Waals surface area contributed by atoms with E-state index in [1.54, 1.807) is 12.1 Å². The molecule has 0 saturated heterocycles. The molecular weight excluding hydrogens is 328 g/mol. The molecule has 0 spiro atoms. The quantitative estimate of drug-likeness (QED) is 0.742. The number of rotatable bonds is 5. The van der Waals surface area contributed by atoms with Gasteiger partial charge in [0, 0.05) is 29.7 Å². The lowest BCUT2D eigenvalue weighted by atomic mass is 10.1. The van der Waals surface area contributed by atoms with Crippen LogP contribution in [0, 0.1) is 13.8 Å². The van der Waals surface area contributed by atoms with Gasteiger partial charge in [-0.1, -0.05) is 24.3 Å². The molecule has 2 aromatic heterocycles. The van der Waals surface area contributed by atoms with Gasteiger partial charge in [-0.3, -0.25) is 14.6 Å². The summed E-state index contributed by atoms with van der Waals surface area (Å²) in [5.74, 6) is 0.0699. The first kappa shape index (κ1) is 17.5. The third-order valence-electron chi connectivity index (χ3n) is 3.90. The van der Waals surface area contributed by atoms with Gasteiger partial charge in [0.15, 0.2) is 0 Å². The molecule has 0 aliphatic carbocycles. The van der Waals surface area contributed by atoms with Crippen molar-refractivity contribution in [3.63, 3.8) is 0 Å². The third-order valence-corrected chi connectivity index (χ3v) is 3.90. The first-order valence-electron chi connectivity index (χ1n) is 8.41. The molecule has 132 valence electrons. The maximum atomic E-state index is 12.5. The molecule has 0 unspecified atom stereocenters. The van der Waals surface area contributed by atoms with Crippen molar-refractivity contribution in [1.82, 2.24) is 15.3 Å². The molecular formula is C20H20N4O2. The highest BCUT2D eigenvalue weighted by Crippen LogP contribution is 2.17. The normalized spacial score (nSPS) is 10.5. The minimum atomic E-state index is -0.241. The van der Waals surface area contributed by atoms with Gasteiger partial charge in [0.1, 0.15) is 5.82 Å². The fourth-order valence-corrected chi connectivity index (χ4v) is 2.63. The number of nitrogens with one attached hydrogen (secondary N) is 2. The number of para-hydroxylation sites is 1. The molecule has 2 N–H and O–H groups in total. The van der Waals surface area contributed by atoms with Crippen LogP contribution in [0.2, 0.25) is 0 Å². The summed E-state index contributed by atoms with van der Waals surface area (Å²) in [6, 6.07) is 14.7. The molecule has 0 aliphatic heterocycles. The first-order valence-corrected chi connectivity index (χ1v) is 8.41. The summed E-state index contributed by atoms with van der Waals surface area (Å²) >= 11 is 0. The summed E-state index contributed by atoms with van der Waals surface area (Å²) in [6.45, 7) is 3.98. The fourth-order valence-electron chi connectivity index (χ4n) is 2.63. The summed E-state index contributed by atoms with van der Waals surface area (Å²) in [6.07, 6.45) is 0.165. The Morgan fingerprint density at radius 1 is 0.923 bits per heavy atom. The predicted molar refractivity (Wildman–Crippen MR) is 101 cm³/mol. The second-order valence-corrected chi connectivity index (χ2v) is 6.05. The lowest BCUT2D eigenvalue weighted by Gasteiger charge is -2.09. The van der Waals surface area contributed by atoms with E-state index in [1.165, 1.54) is 0 Å². The number of benzene rings is 1. The number of fused-ring (bicyclic) bond motifs is 1. The molecule has 26 heavy (non-hydrogen) atoms. The Morgan fingerprint density at radius 3 is 2.50 bits per heavy atom. The molecule has 3 rings (SSSR count). The zero-order valence-electron chi connectivity index (χ0n) is 14.7. The van der Waals surface area contributed by atoms with Gasteiger partial charge in [-0.15, -0.1) is 0 Å². The van der Waals surface area contributed by atoms with Crippen LogP contribution in [0.5, 0.6) is 0 Å². The van der Waals surface area contributed by atoms with Gasteiger partial charge in [-0.2, -0.15) is 0 Å². The van der Waals surface area contributed by atoms with Crippen LogP contribution in [0.25, 0.3) is 10.9 Å². The molecule has 0 atom stereocenters. The maximum Gasteiger partial charge on any atom is 0.253 e. The van der Waals surface area contributed by atoms with Crippen LogP contribution in [0.15, 0.2) is 48.5 Å². The van der Waals surface area contributed by atoms with Gasteiger partial charge in [0.05, 0.1) is 11.1 Å². The Balaban J connectivity index is 1.59. The van der Waals surface area contributed by atoms with Crippen molar-refractivity contribution in [2.45, 2.75) is 20.3 Å². The van der Waals surface area contributed by atoms with Gasteiger partial charge in [0.25, 0.3) is 5.91 Å². The van der Waals surface area contributed by atoms with Gasteiger partial charge in [-0.05, 0) is 38.1 Å². The van der Waals surface area contributed by atoms with Gasteiger partial charge < -0.3 is 10.6 Å². The summed E-state index contributed by atoms with van der Waals surface area (Å²) in [5, 5.41) is 6.41. The first-order chi connectivity index (χ1) is 12.5. The number of hydrogen-bond donors (Lipinski definition) is 2. The number of carbonyl (C=O) groups is 2. The minimum absolute atomic E-state index is 0.165. The zero-order valence-corrected chi connectivity index (χ0v) is 14.7. The average molecular weight is 348 g/mol. The Labute approximate surface area is 151 Å². The van der Waals surface area contributed by atoms with E-state index in [9.17, 15) is 9.59 Å². The second kappa shape index (κ2) is 7.74. The molecule has 0 fully saturated rings. The van der Waals surface area contributed by atoms with E-state index in [1.807, 2.05) is 50.2 Å². The van der Waals surface area contributed by atoms with Gasteiger partial charge in [0.2, 0.25) is 5.91 Å². The van der Waals surface area contributed by atoms with Crippen LogP contribution in [0.4, 0.5) is 5.82 Å². The number of pyridine rings is 2. The highest BCUT2D eigenvalue weighted by atomic mass is 16.2. The van der Waals surface area contributed by atoms with Crippen molar-refractivity contribution in [1.29, 1.82) is 0 Å². The monoisotopic (exact) mass is 348 g/mol. The van der Waals surface area contributed by atoms with Crippen LogP contribution in [0.3, 0.4) is 0 Å². The standard InChI is InChI=1S/C20H20N4O2/c1-13-5-3-8-17(22-13)24-18(25)11-12-21-20(26)16-7-4-6-15-10-9-14(2)23-19(15)16/h3-10H,11-12H2,1-2H3,(H,21,26)(H,22,24,25). The minimum Gasteiger partial charge on any atom is -0.351 e. The summed E-state index contributed by atoms with van der Waals surface area (Å²) in [4.78, 5) is 33.1. The van der Waals surface area contributed by atoms with E-state index in [-0.39, 0.29) is 24.8 Å². The van der Waals surface area contributed by atoms with Gasteiger partial charge >= 0.3 is 0 Å². The van der Waals surface area contributed by atoms with E-state index in [2.05, 4.69) is 20.6 Å². The van der Waals surface area contributed by atoms with E-state index < -0.39 is 0 Å². The molecule has 3 aromatic rings. The van der Waals surface area contributed by atoms with Crippen LogP contribution in [0.1, 0.15) is 28.2 Å². The number of nitrogens with zero attached hydrogens (tertiary/aromatic N) is 2. The number of carbonyl (C=O) groups excluding carboxylic acids is 2. The molecule has 6 heteroatoms. The summed E-state index contributed by atoms with van der Waals surface area (Å²) < 4.78 is 0. The van der Waals surface area contributed by atoms with Crippen molar-refractivity contribution >= 4 is 28.5 Å². The molecule has 2 heterocycles. The van der Waals surface area contributed by atoms with Crippen molar-refractivity contribution < 1.29 is 9.59 Å². The molecule has 0 aliphatic rings. The van der Waals surface area contributed by atoms with Crippen molar-refractivity contribution in [2.24, 2.45) is 0 Å². The van der Waals surface area contributed by atoms with Crippen LogP contribution >= 0.6 is 0 Å². The number of amides is 2. The fraction of sp³-hybridized carbons (Fsp3) is 0.200. The molecule has 0 saturated carbocycles. The van der Waals surface area contributed by atoms with Crippen LogP contribution in [-0.2, 0) is 4.79 Å². The Morgan fingerprint density at radius 2 is 1.69 bits per heavy atom. The second-order valence-electron chi connectivity index (χ2n) is 6.05. The average Bonchev–Trinajstić information content (AvgIpc) is 2.61.